The number of nitrogens with zero attached hydrogens (tertiary/aromatic N) is 3. The standard InChI is InChI=1S/C22H27FN4OS.2ClH/c23-19-4-2-1-3-18(19)21(22(28)15-5-6-15)26-10-8-20(29)16(14-26)13-17-7-11-27(25-17)12-9-24;;/h1-4,7,11,13,15,20-21,29H,5-6,8-10,12,14,24H2;2*1H. The fraction of sp³-hybridized carbons (Fsp3) is 0.455. The van der Waals surface area contributed by atoms with Gasteiger partial charge in [0, 0.05) is 42.6 Å². The van der Waals surface area contributed by atoms with Crippen molar-refractivity contribution >= 4 is 49.3 Å². The summed E-state index contributed by atoms with van der Waals surface area (Å²) in [5.74, 6) is -0.113. The summed E-state index contributed by atoms with van der Waals surface area (Å²) >= 11 is 4.75. The molecule has 2 unspecified atom stereocenters. The molecule has 2 fully saturated rings. The molecule has 2 N–H and O–H groups in total. The van der Waals surface area contributed by atoms with Crippen molar-refractivity contribution in [2.75, 3.05) is 19.6 Å². The van der Waals surface area contributed by atoms with Crippen LogP contribution in [0.4, 0.5) is 4.39 Å². The molecule has 2 aliphatic rings. The molecule has 4 rings (SSSR count). The Hall–Kier alpha value is -1.38. The maximum atomic E-state index is 14.6. The highest BCUT2D eigenvalue weighted by atomic mass is 35.5. The van der Waals surface area contributed by atoms with Crippen LogP contribution in [0.3, 0.4) is 0 Å². The minimum Gasteiger partial charge on any atom is -0.329 e. The third-order valence-corrected chi connectivity index (χ3v) is 6.26. The van der Waals surface area contributed by atoms with Gasteiger partial charge in [-0.25, -0.2) is 4.39 Å². The second-order valence-corrected chi connectivity index (χ2v) is 8.51. The number of ketones is 1. The Bertz CT molecular complexity index is 918. The number of hydrogen-bond acceptors (Lipinski definition) is 5. The van der Waals surface area contributed by atoms with Crippen LogP contribution in [0.2, 0.25) is 0 Å². The van der Waals surface area contributed by atoms with Gasteiger partial charge in [-0.05, 0) is 43.0 Å². The Morgan fingerprint density at radius 1 is 1.26 bits per heavy atom. The van der Waals surface area contributed by atoms with Gasteiger partial charge in [0.25, 0.3) is 0 Å². The van der Waals surface area contributed by atoms with Crippen LogP contribution >= 0.6 is 37.4 Å². The average molecular weight is 487 g/mol. The molecule has 2 aromatic rings. The number of carbonyl (C=O) groups is 1. The van der Waals surface area contributed by atoms with Crippen molar-refractivity contribution < 1.29 is 9.18 Å². The van der Waals surface area contributed by atoms with Crippen LogP contribution in [-0.4, -0.2) is 45.3 Å². The highest BCUT2D eigenvalue weighted by Crippen LogP contribution is 2.39. The van der Waals surface area contributed by atoms with Crippen LogP contribution in [-0.2, 0) is 11.3 Å². The van der Waals surface area contributed by atoms with Crippen LogP contribution in [0.1, 0.15) is 36.6 Å². The Kier molecular flexibility index (Phi) is 9.58. The summed E-state index contributed by atoms with van der Waals surface area (Å²) < 4.78 is 16.4. The molecule has 1 saturated heterocycles. The van der Waals surface area contributed by atoms with Gasteiger partial charge in [0.2, 0.25) is 0 Å². The molecule has 1 saturated carbocycles. The van der Waals surface area contributed by atoms with Crippen molar-refractivity contribution in [3.05, 3.63) is 59.2 Å². The first-order chi connectivity index (χ1) is 14.1. The van der Waals surface area contributed by atoms with Crippen LogP contribution < -0.4 is 5.73 Å². The Labute approximate surface area is 200 Å². The molecule has 1 aliphatic heterocycles. The first kappa shape index (κ1) is 25.9. The van der Waals surface area contributed by atoms with E-state index in [2.05, 4.69) is 10.00 Å². The maximum Gasteiger partial charge on any atom is 0.157 e. The largest absolute Gasteiger partial charge is 0.329 e. The van der Waals surface area contributed by atoms with Gasteiger partial charge in [-0.15, -0.1) is 24.8 Å². The number of nitrogens with two attached hydrogens (primary N) is 1. The van der Waals surface area contributed by atoms with Gasteiger partial charge in [0.1, 0.15) is 5.82 Å². The zero-order valence-corrected chi connectivity index (χ0v) is 19.7. The molecule has 2 atom stereocenters. The third kappa shape index (κ3) is 6.11. The smallest absolute Gasteiger partial charge is 0.157 e. The topological polar surface area (TPSA) is 64.2 Å². The van der Waals surface area contributed by atoms with Crippen molar-refractivity contribution in [3.63, 3.8) is 0 Å². The van der Waals surface area contributed by atoms with E-state index < -0.39 is 6.04 Å². The molecular weight excluding hydrogens is 458 g/mol. The van der Waals surface area contributed by atoms with E-state index in [1.807, 2.05) is 23.0 Å². The number of likely N-dealkylation sites (tertiary alicyclic amines) is 1. The van der Waals surface area contributed by atoms with Crippen molar-refractivity contribution in [1.29, 1.82) is 0 Å². The van der Waals surface area contributed by atoms with Gasteiger partial charge in [0.15, 0.2) is 5.78 Å². The fourth-order valence-electron chi connectivity index (χ4n) is 3.97. The number of aromatic nitrogens is 2. The predicted octanol–water partition coefficient (Wildman–Crippen LogP) is 3.93. The van der Waals surface area contributed by atoms with E-state index in [0.717, 1.165) is 30.5 Å². The summed E-state index contributed by atoms with van der Waals surface area (Å²) in [7, 11) is 0. The summed E-state index contributed by atoms with van der Waals surface area (Å²) in [6, 6.07) is 8.06. The molecule has 0 bridgehead atoms. The van der Waals surface area contributed by atoms with E-state index >= 15 is 0 Å². The molecule has 0 amide bonds. The molecule has 5 nitrogen and oxygen atoms in total. The SMILES string of the molecule is Cl.Cl.NCCn1ccc(C=C2CN(C(C(=O)C3CC3)c3ccccc3F)CCC2S)n1. The van der Waals surface area contributed by atoms with E-state index in [9.17, 15) is 9.18 Å². The molecule has 1 aliphatic carbocycles. The summed E-state index contributed by atoms with van der Waals surface area (Å²) in [5.41, 5.74) is 8.03. The monoisotopic (exact) mass is 486 g/mol. The van der Waals surface area contributed by atoms with Crippen molar-refractivity contribution in [2.45, 2.75) is 37.1 Å². The summed E-state index contributed by atoms with van der Waals surface area (Å²) in [6.45, 7) is 2.50. The Balaban J connectivity index is 0.00000171. The van der Waals surface area contributed by atoms with Crippen molar-refractivity contribution in [1.82, 2.24) is 14.7 Å². The molecule has 2 heterocycles. The fourth-order valence-corrected chi connectivity index (χ4v) is 4.25. The number of rotatable bonds is 7. The highest BCUT2D eigenvalue weighted by Gasteiger charge is 2.40. The van der Waals surface area contributed by atoms with Gasteiger partial charge >= 0.3 is 0 Å². The van der Waals surface area contributed by atoms with Crippen LogP contribution in [0.15, 0.2) is 42.1 Å². The second kappa shape index (κ2) is 11.5. The van der Waals surface area contributed by atoms with Crippen molar-refractivity contribution in [2.24, 2.45) is 11.7 Å². The number of Topliss-reactive ketones (excluding diaryl/α,β-unsaturated/α-hetero) is 1. The van der Waals surface area contributed by atoms with Crippen molar-refractivity contribution in [3.8, 4) is 0 Å². The van der Waals surface area contributed by atoms with Crippen LogP contribution in [0, 0.1) is 11.7 Å². The van der Waals surface area contributed by atoms with Crippen LogP contribution in [0.25, 0.3) is 6.08 Å². The molecule has 9 heteroatoms. The lowest BCUT2D eigenvalue weighted by atomic mass is 9.93. The lowest BCUT2D eigenvalue weighted by molar-refractivity contribution is -0.126. The molecule has 170 valence electrons. The zero-order valence-electron chi connectivity index (χ0n) is 17.2. The number of hydrogen-bond donors (Lipinski definition) is 2. The number of piperidine rings is 1. The lowest BCUT2D eigenvalue weighted by Crippen LogP contribution is -2.42. The quantitative estimate of drug-likeness (QED) is 0.581. The third-order valence-electron chi connectivity index (χ3n) is 5.67. The van der Waals surface area contributed by atoms with Gasteiger partial charge in [0.05, 0.1) is 18.3 Å². The molecule has 1 aromatic heterocycles. The molecule has 0 spiro atoms. The molecule has 1 aromatic carbocycles. The van der Waals surface area contributed by atoms with Crippen LogP contribution in [0.5, 0.6) is 0 Å². The minimum atomic E-state index is -0.539. The first-order valence-electron chi connectivity index (χ1n) is 10.2. The van der Waals surface area contributed by atoms with Gasteiger partial charge in [-0.1, -0.05) is 18.2 Å². The maximum absolute atomic E-state index is 14.6. The summed E-state index contributed by atoms with van der Waals surface area (Å²) in [6.07, 6.45) is 6.58. The molecule has 31 heavy (non-hydrogen) atoms. The van der Waals surface area contributed by atoms with E-state index in [1.165, 1.54) is 6.07 Å². The van der Waals surface area contributed by atoms with Gasteiger partial charge < -0.3 is 5.73 Å². The minimum absolute atomic E-state index is 0. The first-order valence-corrected chi connectivity index (χ1v) is 10.7. The number of carbonyl (C=O) groups excluding carboxylic acids is 1. The zero-order chi connectivity index (χ0) is 20.4. The molecular formula is C22H29Cl2FN4OS. The average Bonchev–Trinajstić information content (AvgIpc) is 3.47. The molecule has 0 radical (unpaired) electrons. The van der Waals surface area contributed by atoms with E-state index in [-0.39, 0.29) is 47.6 Å². The normalized spacial score (nSPS) is 21.3. The number of thiol groups is 1. The Morgan fingerprint density at radius 3 is 2.68 bits per heavy atom. The van der Waals surface area contributed by atoms with E-state index in [1.54, 1.807) is 18.2 Å². The second-order valence-electron chi connectivity index (χ2n) is 7.89. The lowest BCUT2D eigenvalue weighted by Gasteiger charge is -2.37. The highest BCUT2D eigenvalue weighted by molar-refractivity contribution is 7.81. The summed E-state index contributed by atoms with van der Waals surface area (Å²) in [5, 5.41) is 4.63. The van der Waals surface area contributed by atoms with E-state index in [0.29, 0.717) is 31.7 Å². The number of halogens is 3. The number of benzene rings is 1. The van der Waals surface area contributed by atoms with Gasteiger partial charge in [-0.3, -0.25) is 14.4 Å². The predicted molar refractivity (Wildman–Crippen MR) is 130 cm³/mol. The summed E-state index contributed by atoms with van der Waals surface area (Å²) in [4.78, 5) is 15.2. The van der Waals surface area contributed by atoms with E-state index in [4.69, 9.17) is 18.4 Å². The Morgan fingerprint density at radius 2 is 2.00 bits per heavy atom. The van der Waals surface area contributed by atoms with Gasteiger partial charge in [-0.2, -0.15) is 17.7 Å².